The highest BCUT2D eigenvalue weighted by Crippen LogP contribution is 2.33. The van der Waals surface area contributed by atoms with Gasteiger partial charge in [-0.3, -0.25) is 4.79 Å². The van der Waals surface area contributed by atoms with Gasteiger partial charge in [0.2, 0.25) is 5.91 Å². The molecule has 1 saturated heterocycles. The number of benzene rings is 2. The summed E-state index contributed by atoms with van der Waals surface area (Å²) in [5, 5.41) is 6.27. The van der Waals surface area contributed by atoms with Crippen molar-refractivity contribution in [2.24, 2.45) is 5.92 Å². The van der Waals surface area contributed by atoms with Crippen LogP contribution in [0, 0.1) is 5.92 Å². The number of nitrogens with zero attached hydrogens (tertiary/aromatic N) is 1. The van der Waals surface area contributed by atoms with Crippen molar-refractivity contribution in [3.8, 4) is 5.75 Å². The van der Waals surface area contributed by atoms with Crippen LogP contribution in [0.5, 0.6) is 5.75 Å². The Hall–Kier alpha value is -2.73. The standard InChI is InChI=1S/C21H24ClN3O3/c1-2-28-19-17(22)9-6-10-18(19)24-20(26)15-11-13-25(14-12-15)21(27)23-16-7-4-3-5-8-16/h3-10,15H,2,11-14H2,1H3,(H,23,27)(H,24,26). The van der Waals surface area contributed by atoms with Gasteiger partial charge in [0.1, 0.15) is 0 Å². The maximum absolute atomic E-state index is 12.7. The molecule has 3 rings (SSSR count). The second-order valence-corrected chi connectivity index (χ2v) is 7.00. The number of halogens is 1. The molecule has 0 unspecified atom stereocenters. The number of piperidine rings is 1. The topological polar surface area (TPSA) is 70.7 Å². The van der Waals surface area contributed by atoms with E-state index < -0.39 is 0 Å². The number of carbonyl (C=O) groups excluding carboxylic acids is 2. The SMILES string of the molecule is CCOc1c(Cl)cccc1NC(=O)C1CCN(C(=O)Nc2ccccc2)CC1. The molecule has 0 saturated carbocycles. The van der Waals surface area contributed by atoms with Crippen molar-refractivity contribution in [3.63, 3.8) is 0 Å². The first-order valence-electron chi connectivity index (χ1n) is 9.41. The number of rotatable bonds is 5. The first-order chi connectivity index (χ1) is 13.6. The van der Waals surface area contributed by atoms with E-state index >= 15 is 0 Å². The Balaban J connectivity index is 1.54. The number of hydrogen-bond donors (Lipinski definition) is 2. The third-order valence-corrected chi connectivity index (χ3v) is 4.99. The number of urea groups is 1. The molecular weight excluding hydrogens is 378 g/mol. The summed E-state index contributed by atoms with van der Waals surface area (Å²) in [5.74, 6) is 0.250. The maximum Gasteiger partial charge on any atom is 0.321 e. The predicted molar refractivity (Wildman–Crippen MR) is 111 cm³/mol. The monoisotopic (exact) mass is 401 g/mol. The van der Waals surface area contributed by atoms with Crippen molar-refractivity contribution in [2.75, 3.05) is 30.3 Å². The van der Waals surface area contributed by atoms with Crippen LogP contribution >= 0.6 is 11.6 Å². The Morgan fingerprint density at radius 2 is 1.79 bits per heavy atom. The van der Waals surface area contributed by atoms with Crippen LogP contribution in [0.15, 0.2) is 48.5 Å². The minimum atomic E-state index is -0.158. The Morgan fingerprint density at radius 1 is 1.07 bits per heavy atom. The van der Waals surface area contributed by atoms with Crippen LogP contribution in [0.3, 0.4) is 0 Å². The van der Waals surface area contributed by atoms with E-state index in [1.807, 2.05) is 37.3 Å². The fourth-order valence-electron chi connectivity index (χ4n) is 3.20. The molecule has 2 aromatic rings. The zero-order chi connectivity index (χ0) is 19.9. The van der Waals surface area contributed by atoms with Gasteiger partial charge in [0.05, 0.1) is 17.3 Å². The normalized spacial score (nSPS) is 14.4. The zero-order valence-corrected chi connectivity index (χ0v) is 16.5. The molecule has 28 heavy (non-hydrogen) atoms. The van der Waals surface area contributed by atoms with E-state index in [9.17, 15) is 9.59 Å². The fraction of sp³-hybridized carbons (Fsp3) is 0.333. The summed E-state index contributed by atoms with van der Waals surface area (Å²) in [6, 6.07) is 14.5. The highest BCUT2D eigenvalue weighted by Gasteiger charge is 2.28. The van der Waals surface area contributed by atoms with Gasteiger partial charge in [0.25, 0.3) is 0 Å². The van der Waals surface area contributed by atoms with E-state index in [0.717, 1.165) is 5.69 Å². The van der Waals surface area contributed by atoms with Crippen molar-refractivity contribution in [2.45, 2.75) is 19.8 Å². The molecule has 1 aliphatic heterocycles. The van der Waals surface area contributed by atoms with Gasteiger partial charge in [-0.15, -0.1) is 0 Å². The Morgan fingerprint density at radius 3 is 2.46 bits per heavy atom. The number of likely N-dealkylation sites (tertiary alicyclic amines) is 1. The third-order valence-electron chi connectivity index (χ3n) is 4.69. The van der Waals surface area contributed by atoms with Gasteiger partial charge in [-0.2, -0.15) is 0 Å². The number of para-hydroxylation sites is 2. The van der Waals surface area contributed by atoms with E-state index in [1.165, 1.54) is 0 Å². The second-order valence-electron chi connectivity index (χ2n) is 6.60. The van der Waals surface area contributed by atoms with Crippen LogP contribution in [0.25, 0.3) is 0 Å². The lowest BCUT2D eigenvalue weighted by Gasteiger charge is -2.31. The summed E-state index contributed by atoms with van der Waals surface area (Å²) in [5.41, 5.74) is 1.33. The Labute approximate surface area is 169 Å². The van der Waals surface area contributed by atoms with Crippen LogP contribution in [0.1, 0.15) is 19.8 Å². The lowest BCUT2D eigenvalue weighted by Crippen LogP contribution is -2.43. The van der Waals surface area contributed by atoms with E-state index in [-0.39, 0.29) is 17.9 Å². The summed E-state index contributed by atoms with van der Waals surface area (Å²) in [7, 11) is 0. The molecule has 0 atom stereocenters. The summed E-state index contributed by atoms with van der Waals surface area (Å²) in [6.07, 6.45) is 1.22. The molecular formula is C21H24ClN3O3. The molecule has 0 radical (unpaired) electrons. The molecule has 6 nitrogen and oxygen atoms in total. The number of nitrogens with one attached hydrogen (secondary N) is 2. The predicted octanol–water partition coefficient (Wildman–Crippen LogP) is 4.62. The molecule has 1 fully saturated rings. The average molecular weight is 402 g/mol. The molecule has 0 aliphatic carbocycles. The lowest BCUT2D eigenvalue weighted by atomic mass is 9.96. The largest absolute Gasteiger partial charge is 0.490 e. The van der Waals surface area contributed by atoms with Gasteiger partial charge in [-0.05, 0) is 44.0 Å². The van der Waals surface area contributed by atoms with Crippen molar-refractivity contribution >= 4 is 34.9 Å². The first-order valence-corrected chi connectivity index (χ1v) is 9.79. The van der Waals surface area contributed by atoms with Gasteiger partial charge in [0.15, 0.2) is 5.75 Å². The van der Waals surface area contributed by atoms with Crippen LogP contribution in [0.2, 0.25) is 5.02 Å². The summed E-state index contributed by atoms with van der Waals surface area (Å²) in [6.45, 7) is 3.39. The van der Waals surface area contributed by atoms with Gasteiger partial charge >= 0.3 is 6.03 Å². The quantitative estimate of drug-likeness (QED) is 0.767. The van der Waals surface area contributed by atoms with E-state index in [4.69, 9.17) is 16.3 Å². The van der Waals surface area contributed by atoms with E-state index in [2.05, 4.69) is 10.6 Å². The highest BCUT2D eigenvalue weighted by molar-refractivity contribution is 6.32. The van der Waals surface area contributed by atoms with Crippen LogP contribution in [-0.4, -0.2) is 36.5 Å². The molecule has 7 heteroatoms. The molecule has 148 valence electrons. The third kappa shape index (κ3) is 4.95. The molecule has 1 heterocycles. The molecule has 2 N–H and O–H groups in total. The minimum absolute atomic E-state index is 0.0775. The smallest absolute Gasteiger partial charge is 0.321 e. The molecule has 2 aromatic carbocycles. The second kappa shape index (κ2) is 9.46. The number of anilines is 2. The van der Waals surface area contributed by atoms with Crippen molar-refractivity contribution in [1.82, 2.24) is 4.90 Å². The van der Waals surface area contributed by atoms with Gasteiger partial charge in [0, 0.05) is 24.7 Å². The molecule has 1 aliphatic rings. The molecule has 0 spiro atoms. The first kappa shape index (κ1) is 20.0. The fourth-order valence-corrected chi connectivity index (χ4v) is 3.43. The van der Waals surface area contributed by atoms with Gasteiger partial charge in [-0.1, -0.05) is 35.9 Å². The maximum atomic E-state index is 12.7. The summed E-state index contributed by atoms with van der Waals surface area (Å²) in [4.78, 5) is 26.8. The number of hydrogen-bond acceptors (Lipinski definition) is 3. The average Bonchev–Trinajstić information content (AvgIpc) is 2.71. The number of amides is 3. The Kier molecular flexibility index (Phi) is 6.76. The van der Waals surface area contributed by atoms with E-state index in [0.29, 0.717) is 49.0 Å². The molecule has 0 aromatic heterocycles. The van der Waals surface area contributed by atoms with Gasteiger partial charge in [-0.25, -0.2) is 4.79 Å². The highest BCUT2D eigenvalue weighted by atomic mass is 35.5. The summed E-state index contributed by atoms with van der Waals surface area (Å²) >= 11 is 6.17. The Bertz CT molecular complexity index is 821. The van der Waals surface area contributed by atoms with Crippen LogP contribution in [-0.2, 0) is 4.79 Å². The number of carbonyl (C=O) groups is 2. The lowest BCUT2D eigenvalue weighted by molar-refractivity contribution is -0.121. The minimum Gasteiger partial charge on any atom is -0.490 e. The molecule has 0 bridgehead atoms. The van der Waals surface area contributed by atoms with Crippen LogP contribution in [0.4, 0.5) is 16.2 Å². The van der Waals surface area contributed by atoms with E-state index in [1.54, 1.807) is 23.1 Å². The zero-order valence-electron chi connectivity index (χ0n) is 15.8. The van der Waals surface area contributed by atoms with Gasteiger partial charge < -0.3 is 20.3 Å². The van der Waals surface area contributed by atoms with Crippen LogP contribution < -0.4 is 15.4 Å². The molecule has 3 amide bonds. The van der Waals surface area contributed by atoms with Crippen molar-refractivity contribution < 1.29 is 14.3 Å². The van der Waals surface area contributed by atoms with Crippen molar-refractivity contribution in [3.05, 3.63) is 53.6 Å². The van der Waals surface area contributed by atoms with Crippen molar-refractivity contribution in [1.29, 1.82) is 0 Å². The number of ether oxygens (including phenoxy) is 1. The summed E-state index contributed by atoms with van der Waals surface area (Å²) < 4.78 is 5.55.